The van der Waals surface area contributed by atoms with Crippen LogP contribution < -0.4 is 0 Å². The minimum absolute atomic E-state index is 0.591. The van der Waals surface area contributed by atoms with Crippen molar-refractivity contribution in [1.82, 2.24) is 14.8 Å². The van der Waals surface area contributed by atoms with Gasteiger partial charge in [0.25, 0.3) is 0 Å². The Labute approximate surface area is 129 Å². The first-order chi connectivity index (χ1) is 10.1. The molecule has 0 aromatic carbocycles. The highest BCUT2D eigenvalue weighted by Gasteiger charge is 2.24. The number of hydrogen-bond donors (Lipinski definition) is 1. The monoisotopic (exact) mass is 307 g/mol. The van der Waals surface area contributed by atoms with Crippen LogP contribution in [0.5, 0.6) is 0 Å². The standard InChI is InChI=1S/C15H21N3O2S/c1-4-9-18-13(12-8-7-10-20-12)16-17-14(18)21-11-15(19,5-2)6-3/h4,7-8,10,19H,1,5-6,9,11H2,2-3H3. The molecule has 0 spiro atoms. The summed E-state index contributed by atoms with van der Waals surface area (Å²) >= 11 is 1.51. The zero-order chi connectivity index (χ0) is 15.3. The minimum atomic E-state index is -0.666. The van der Waals surface area contributed by atoms with Crippen LogP contribution in [-0.4, -0.2) is 31.2 Å². The summed E-state index contributed by atoms with van der Waals surface area (Å²) in [5.41, 5.74) is -0.666. The molecule has 2 aromatic heterocycles. The molecule has 0 bridgehead atoms. The number of furan rings is 1. The van der Waals surface area contributed by atoms with Crippen LogP contribution in [0.25, 0.3) is 11.6 Å². The van der Waals surface area contributed by atoms with Gasteiger partial charge in [0.2, 0.25) is 5.82 Å². The molecule has 0 amide bonds. The number of aromatic nitrogens is 3. The van der Waals surface area contributed by atoms with Crippen LogP contribution in [0.3, 0.4) is 0 Å². The molecule has 2 aromatic rings. The van der Waals surface area contributed by atoms with E-state index in [1.54, 1.807) is 12.3 Å². The molecule has 21 heavy (non-hydrogen) atoms. The van der Waals surface area contributed by atoms with Gasteiger partial charge in [-0.15, -0.1) is 16.8 Å². The van der Waals surface area contributed by atoms with E-state index in [1.807, 2.05) is 30.5 Å². The quantitative estimate of drug-likeness (QED) is 0.598. The van der Waals surface area contributed by atoms with E-state index in [1.165, 1.54) is 11.8 Å². The van der Waals surface area contributed by atoms with E-state index >= 15 is 0 Å². The van der Waals surface area contributed by atoms with Gasteiger partial charge in [0.1, 0.15) is 0 Å². The molecular formula is C15H21N3O2S. The van der Waals surface area contributed by atoms with Crippen LogP contribution in [0.1, 0.15) is 26.7 Å². The topological polar surface area (TPSA) is 64.1 Å². The first-order valence-corrected chi connectivity index (χ1v) is 8.05. The van der Waals surface area contributed by atoms with Crippen LogP contribution in [0.15, 0.2) is 40.6 Å². The molecule has 2 heterocycles. The van der Waals surface area contributed by atoms with E-state index in [-0.39, 0.29) is 0 Å². The Morgan fingerprint density at radius 2 is 2.19 bits per heavy atom. The number of hydrogen-bond acceptors (Lipinski definition) is 5. The summed E-state index contributed by atoms with van der Waals surface area (Å²) in [5, 5.41) is 19.6. The summed E-state index contributed by atoms with van der Waals surface area (Å²) in [6, 6.07) is 3.68. The molecule has 0 fully saturated rings. The maximum Gasteiger partial charge on any atom is 0.200 e. The van der Waals surface area contributed by atoms with E-state index in [9.17, 15) is 5.11 Å². The van der Waals surface area contributed by atoms with Crippen molar-refractivity contribution in [3.8, 4) is 11.6 Å². The van der Waals surface area contributed by atoms with Crippen molar-refractivity contribution in [3.05, 3.63) is 31.1 Å². The number of thioether (sulfide) groups is 1. The minimum Gasteiger partial charge on any atom is -0.461 e. The highest BCUT2D eigenvalue weighted by Crippen LogP contribution is 2.28. The van der Waals surface area contributed by atoms with Crippen LogP contribution in [0, 0.1) is 0 Å². The zero-order valence-electron chi connectivity index (χ0n) is 12.5. The molecule has 6 heteroatoms. The summed E-state index contributed by atoms with van der Waals surface area (Å²) in [5.74, 6) is 1.95. The smallest absolute Gasteiger partial charge is 0.200 e. The summed E-state index contributed by atoms with van der Waals surface area (Å²) in [6.07, 6.45) is 4.85. The number of allylic oxidation sites excluding steroid dienone is 1. The normalized spacial score (nSPS) is 11.8. The highest BCUT2D eigenvalue weighted by molar-refractivity contribution is 7.99. The molecule has 0 radical (unpaired) electrons. The fourth-order valence-electron chi connectivity index (χ4n) is 1.93. The fraction of sp³-hybridized carbons (Fsp3) is 0.467. The SMILES string of the molecule is C=CCn1c(SCC(O)(CC)CC)nnc1-c1ccco1. The van der Waals surface area contributed by atoms with Gasteiger partial charge in [-0.1, -0.05) is 31.7 Å². The third-order valence-electron chi connectivity index (χ3n) is 3.56. The van der Waals surface area contributed by atoms with Crippen molar-refractivity contribution in [3.63, 3.8) is 0 Å². The molecule has 0 saturated heterocycles. The van der Waals surface area contributed by atoms with Gasteiger partial charge in [-0.2, -0.15) is 0 Å². The third kappa shape index (κ3) is 3.57. The lowest BCUT2D eigenvalue weighted by atomic mass is 10.0. The van der Waals surface area contributed by atoms with Gasteiger partial charge in [0, 0.05) is 12.3 Å². The lowest BCUT2D eigenvalue weighted by Crippen LogP contribution is -2.29. The van der Waals surface area contributed by atoms with Crippen LogP contribution >= 0.6 is 11.8 Å². The third-order valence-corrected chi connectivity index (χ3v) is 4.80. The highest BCUT2D eigenvalue weighted by atomic mass is 32.2. The Morgan fingerprint density at radius 3 is 2.76 bits per heavy atom. The average molecular weight is 307 g/mol. The summed E-state index contributed by atoms with van der Waals surface area (Å²) in [4.78, 5) is 0. The Morgan fingerprint density at radius 1 is 1.43 bits per heavy atom. The van der Waals surface area contributed by atoms with Gasteiger partial charge in [-0.05, 0) is 25.0 Å². The van der Waals surface area contributed by atoms with Gasteiger partial charge in [-0.3, -0.25) is 4.57 Å². The predicted molar refractivity (Wildman–Crippen MR) is 84.2 cm³/mol. The number of rotatable bonds is 8. The molecule has 0 unspecified atom stereocenters. The molecule has 0 aliphatic heterocycles. The summed E-state index contributed by atoms with van der Waals surface area (Å²) in [7, 11) is 0. The van der Waals surface area contributed by atoms with Crippen molar-refractivity contribution in [2.45, 2.75) is 44.0 Å². The van der Waals surface area contributed by atoms with Gasteiger partial charge in [0.05, 0.1) is 11.9 Å². The number of nitrogens with zero attached hydrogens (tertiary/aromatic N) is 3. The van der Waals surface area contributed by atoms with E-state index in [4.69, 9.17) is 4.42 Å². The van der Waals surface area contributed by atoms with E-state index in [0.29, 0.717) is 23.9 Å². The predicted octanol–water partition coefficient (Wildman–Crippen LogP) is 3.37. The molecule has 0 aliphatic rings. The molecule has 2 rings (SSSR count). The Balaban J connectivity index is 2.22. The second kappa shape index (κ2) is 6.95. The van der Waals surface area contributed by atoms with Gasteiger partial charge in [0.15, 0.2) is 10.9 Å². The van der Waals surface area contributed by atoms with Gasteiger partial charge < -0.3 is 9.52 Å². The Kier molecular flexibility index (Phi) is 5.25. The van der Waals surface area contributed by atoms with Crippen molar-refractivity contribution in [1.29, 1.82) is 0 Å². The van der Waals surface area contributed by atoms with Crippen LogP contribution in [-0.2, 0) is 6.54 Å². The molecule has 0 aliphatic carbocycles. The lowest BCUT2D eigenvalue weighted by Gasteiger charge is -2.24. The lowest BCUT2D eigenvalue weighted by molar-refractivity contribution is 0.0571. The largest absolute Gasteiger partial charge is 0.461 e. The first-order valence-electron chi connectivity index (χ1n) is 7.06. The molecule has 114 valence electrons. The summed E-state index contributed by atoms with van der Waals surface area (Å²) in [6.45, 7) is 8.36. The van der Waals surface area contributed by atoms with E-state index in [2.05, 4.69) is 16.8 Å². The molecule has 5 nitrogen and oxygen atoms in total. The van der Waals surface area contributed by atoms with Crippen molar-refractivity contribution < 1.29 is 9.52 Å². The zero-order valence-corrected chi connectivity index (χ0v) is 13.3. The van der Waals surface area contributed by atoms with Crippen LogP contribution in [0.2, 0.25) is 0 Å². The number of aliphatic hydroxyl groups is 1. The average Bonchev–Trinajstić information content (AvgIpc) is 3.15. The summed E-state index contributed by atoms with van der Waals surface area (Å²) < 4.78 is 7.34. The maximum atomic E-state index is 10.4. The molecule has 1 N–H and O–H groups in total. The molecule has 0 atom stereocenters. The van der Waals surface area contributed by atoms with Gasteiger partial charge in [-0.25, -0.2) is 0 Å². The van der Waals surface area contributed by atoms with Crippen molar-refractivity contribution >= 4 is 11.8 Å². The second-order valence-electron chi connectivity index (χ2n) is 4.90. The fourth-order valence-corrected chi connectivity index (χ4v) is 3.15. The van der Waals surface area contributed by atoms with E-state index < -0.39 is 5.60 Å². The van der Waals surface area contributed by atoms with Crippen LogP contribution in [0.4, 0.5) is 0 Å². The second-order valence-corrected chi connectivity index (χ2v) is 5.85. The van der Waals surface area contributed by atoms with Crippen molar-refractivity contribution in [2.24, 2.45) is 0 Å². The molecular weight excluding hydrogens is 286 g/mol. The van der Waals surface area contributed by atoms with Gasteiger partial charge >= 0.3 is 0 Å². The van der Waals surface area contributed by atoms with Crippen molar-refractivity contribution in [2.75, 3.05) is 5.75 Å². The Hall–Kier alpha value is -1.53. The Bertz CT molecular complexity index is 574. The maximum absolute atomic E-state index is 10.4. The molecule has 0 saturated carbocycles. The first kappa shape index (κ1) is 15.9. The van der Waals surface area contributed by atoms with E-state index in [0.717, 1.165) is 18.0 Å².